The average molecular weight is 480 g/mol. The zero-order valence-corrected chi connectivity index (χ0v) is 19.4. The number of esters is 1. The van der Waals surface area contributed by atoms with E-state index in [1.807, 2.05) is 13.2 Å². The largest absolute Gasteiger partial charge is 0.456 e. The fourth-order valence-electron chi connectivity index (χ4n) is 2.77. The number of sulfonamides is 1. The summed E-state index contributed by atoms with van der Waals surface area (Å²) in [6.45, 7) is 1.43. The Morgan fingerprint density at radius 2 is 1.90 bits per heavy atom. The van der Waals surface area contributed by atoms with Crippen LogP contribution in [-0.4, -0.2) is 53.6 Å². The van der Waals surface area contributed by atoms with Crippen molar-refractivity contribution in [1.29, 1.82) is 0 Å². The van der Waals surface area contributed by atoms with Gasteiger partial charge in [-0.05, 0) is 37.5 Å². The van der Waals surface area contributed by atoms with Crippen LogP contribution in [0, 0.1) is 6.92 Å². The number of benzene rings is 2. The number of ketones is 1. The Balaban J connectivity index is 1.73. The summed E-state index contributed by atoms with van der Waals surface area (Å²) >= 11 is 2.37. The normalized spacial score (nSPS) is 12.6. The van der Waals surface area contributed by atoms with Gasteiger partial charge >= 0.3 is 5.97 Å². The minimum atomic E-state index is -4.07. The van der Waals surface area contributed by atoms with Gasteiger partial charge in [-0.15, -0.1) is 0 Å². The van der Waals surface area contributed by atoms with Gasteiger partial charge in [-0.25, -0.2) is 8.42 Å². The van der Waals surface area contributed by atoms with Gasteiger partial charge in [0.2, 0.25) is 10.0 Å². The van der Waals surface area contributed by atoms with Gasteiger partial charge in [0.05, 0.1) is 11.7 Å². The molecule has 0 aliphatic carbocycles. The molecule has 0 saturated heterocycles. The molecule has 3 rings (SSSR count). The SMILES string of the molecule is CSCCC(NS(=O)(=O)c1cccc2nsnc12)C(=O)OCC(=O)c1ccc(C)cc1. The fourth-order valence-corrected chi connectivity index (χ4v) is 5.23. The molecule has 11 heteroatoms. The van der Waals surface area contributed by atoms with Crippen molar-refractivity contribution in [1.82, 2.24) is 13.5 Å². The highest BCUT2D eigenvalue weighted by atomic mass is 32.2. The fraction of sp³-hybridized carbons (Fsp3) is 0.300. The lowest BCUT2D eigenvalue weighted by molar-refractivity contribution is -0.144. The first-order valence-corrected chi connectivity index (χ1v) is 12.9. The van der Waals surface area contributed by atoms with Crippen molar-refractivity contribution in [2.24, 2.45) is 0 Å². The number of aryl methyl sites for hydroxylation is 1. The quantitative estimate of drug-likeness (QED) is 0.349. The third-order valence-corrected chi connectivity index (χ3v) is 7.14. The van der Waals surface area contributed by atoms with Gasteiger partial charge in [0.1, 0.15) is 22.0 Å². The molecule has 0 bridgehead atoms. The second-order valence-corrected chi connectivity index (χ2v) is 9.94. The number of hydrogen-bond donors (Lipinski definition) is 1. The minimum Gasteiger partial charge on any atom is -0.456 e. The highest BCUT2D eigenvalue weighted by Crippen LogP contribution is 2.21. The van der Waals surface area contributed by atoms with Crippen LogP contribution in [0.2, 0.25) is 0 Å². The highest BCUT2D eigenvalue weighted by molar-refractivity contribution is 7.98. The molecule has 8 nitrogen and oxygen atoms in total. The Morgan fingerprint density at radius 3 is 2.61 bits per heavy atom. The molecule has 0 aliphatic rings. The third-order valence-electron chi connectivity index (χ3n) is 4.45. The number of nitrogens with zero attached hydrogens (tertiary/aromatic N) is 2. The van der Waals surface area contributed by atoms with Gasteiger partial charge in [0, 0.05) is 5.56 Å². The van der Waals surface area contributed by atoms with E-state index >= 15 is 0 Å². The van der Waals surface area contributed by atoms with E-state index in [1.165, 1.54) is 17.8 Å². The molecular formula is C20H21N3O5S3. The molecule has 164 valence electrons. The highest BCUT2D eigenvalue weighted by Gasteiger charge is 2.29. The number of nitrogens with one attached hydrogen (secondary N) is 1. The van der Waals surface area contributed by atoms with Gasteiger partial charge in [-0.2, -0.15) is 25.2 Å². The van der Waals surface area contributed by atoms with Crippen LogP contribution >= 0.6 is 23.5 Å². The molecule has 1 N–H and O–H groups in total. The van der Waals surface area contributed by atoms with Crippen molar-refractivity contribution in [3.05, 3.63) is 53.6 Å². The van der Waals surface area contributed by atoms with Crippen LogP contribution in [-0.2, 0) is 19.6 Å². The van der Waals surface area contributed by atoms with Gasteiger partial charge in [-0.1, -0.05) is 35.9 Å². The molecule has 1 heterocycles. The van der Waals surface area contributed by atoms with Crippen molar-refractivity contribution in [2.45, 2.75) is 24.3 Å². The van der Waals surface area contributed by atoms with Gasteiger partial charge in [0.15, 0.2) is 12.4 Å². The first-order valence-electron chi connectivity index (χ1n) is 9.31. The lowest BCUT2D eigenvalue weighted by Crippen LogP contribution is -2.42. The summed E-state index contributed by atoms with van der Waals surface area (Å²) in [5, 5.41) is 0. The van der Waals surface area contributed by atoms with Crippen molar-refractivity contribution in [2.75, 3.05) is 18.6 Å². The van der Waals surface area contributed by atoms with E-state index in [0.717, 1.165) is 17.3 Å². The van der Waals surface area contributed by atoms with Gasteiger partial charge in [0.25, 0.3) is 0 Å². The molecule has 0 saturated carbocycles. The summed E-state index contributed by atoms with van der Waals surface area (Å²) in [4.78, 5) is 24.9. The number of Topliss-reactive ketones (excluding diaryl/α,β-unsaturated/α-hetero) is 1. The van der Waals surface area contributed by atoms with Crippen LogP contribution in [0.4, 0.5) is 0 Å². The van der Waals surface area contributed by atoms with E-state index in [-0.39, 0.29) is 22.6 Å². The molecular weight excluding hydrogens is 458 g/mol. The number of ether oxygens (including phenoxy) is 1. The summed E-state index contributed by atoms with van der Waals surface area (Å²) in [5.41, 5.74) is 2.12. The number of fused-ring (bicyclic) bond motifs is 1. The second kappa shape index (κ2) is 10.3. The number of hydrogen-bond acceptors (Lipinski definition) is 9. The van der Waals surface area contributed by atoms with E-state index in [1.54, 1.807) is 36.4 Å². The maximum atomic E-state index is 13.0. The molecule has 0 amide bonds. The van der Waals surface area contributed by atoms with Crippen LogP contribution in [0.25, 0.3) is 11.0 Å². The molecule has 0 radical (unpaired) electrons. The van der Waals surface area contributed by atoms with E-state index < -0.39 is 28.6 Å². The first-order chi connectivity index (χ1) is 14.8. The number of aromatic nitrogens is 2. The Hall–Kier alpha value is -2.34. The second-order valence-electron chi connectivity index (χ2n) is 6.74. The van der Waals surface area contributed by atoms with Crippen LogP contribution in [0.15, 0.2) is 47.4 Å². The van der Waals surface area contributed by atoms with Crippen molar-refractivity contribution in [3.63, 3.8) is 0 Å². The van der Waals surface area contributed by atoms with E-state index in [4.69, 9.17) is 4.74 Å². The Bertz CT molecular complexity index is 1180. The maximum Gasteiger partial charge on any atom is 0.324 e. The van der Waals surface area contributed by atoms with Crippen LogP contribution < -0.4 is 4.72 Å². The molecule has 0 aliphatic heterocycles. The topological polar surface area (TPSA) is 115 Å². The Kier molecular flexibility index (Phi) is 7.76. The van der Waals surface area contributed by atoms with Crippen LogP contribution in [0.1, 0.15) is 22.3 Å². The average Bonchev–Trinajstić information content (AvgIpc) is 3.24. The Labute approximate surface area is 188 Å². The molecule has 1 unspecified atom stereocenters. The number of rotatable bonds is 10. The van der Waals surface area contributed by atoms with Gasteiger partial charge in [-0.3, -0.25) is 9.59 Å². The molecule has 0 spiro atoms. The smallest absolute Gasteiger partial charge is 0.324 e. The standard InChI is InChI=1S/C20H21N3O5S3/c1-13-6-8-14(9-7-13)17(24)12-28-20(25)16(10-11-29-2)23-31(26,27)18-5-3-4-15-19(18)22-30-21-15/h3-9,16,23H,10-12H2,1-2H3. The third kappa shape index (κ3) is 5.88. The molecule has 0 fully saturated rings. The minimum absolute atomic E-state index is 0.0589. The van der Waals surface area contributed by atoms with Crippen LogP contribution in [0.5, 0.6) is 0 Å². The summed E-state index contributed by atoms with van der Waals surface area (Å²) in [6.07, 6.45) is 2.06. The lowest BCUT2D eigenvalue weighted by Gasteiger charge is -2.17. The molecule has 1 atom stereocenters. The Morgan fingerprint density at radius 1 is 1.16 bits per heavy atom. The van der Waals surface area contributed by atoms with Crippen LogP contribution in [0.3, 0.4) is 0 Å². The predicted octanol–water partition coefficient (Wildman–Crippen LogP) is 2.83. The summed E-state index contributed by atoms with van der Waals surface area (Å²) in [6, 6.07) is 10.4. The predicted molar refractivity (Wildman–Crippen MR) is 121 cm³/mol. The van der Waals surface area contributed by atoms with Gasteiger partial charge < -0.3 is 4.74 Å². The molecule has 31 heavy (non-hydrogen) atoms. The molecule has 1 aromatic heterocycles. The zero-order chi connectivity index (χ0) is 22.4. The summed E-state index contributed by atoms with van der Waals surface area (Å²) < 4.78 is 41.6. The lowest BCUT2D eigenvalue weighted by atomic mass is 10.1. The number of carbonyl (C=O) groups excluding carboxylic acids is 2. The first kappa shape index (κ1) is 23.3. The maximum absolute atomic E-state index is 13.0. The number of thioether (sulfide) groups is 1. The summed E-state index contributed by atoms with van der Waals surface area (Å²) in [7, 11) is -4.07. The molecule has 3 aromatic rings. The number of carbonyl (C=O) groups is 2. The monoisotopic (exact) mass is 479 g/mol. The zero-order valence-electron chi connectivity index (χ0n) is 16.9. The summed E-state index contributed by atoms with van der Waals surface area (Å²) in [5.74, 6) is -0.642. The van der Waals surface area contributed by atoms with Crippen molar-refractivity contribution < 1.29 is 22.7 Å². The van der Waals surface area contributed by atoms with E-state index in [0.29, 0.717) is 16.8 Å². The van der Waals surface area contributed by atoms with Crippen molar-refractivity contribution in [3.8, 4) is 0 Å². The van der Waals surface area contributed by atoms with E-state index in [2.05, 4.69) is 13.5 Å². The van der Waals surface area contributed by atoms with E-state index in [9.17, 15) is 18.0 Å². The van der Waals surface area contributed by atoms with Crippen molar-refractivity contribution >= 4 is 56.3 Å². The molecule has 2 aromatic carbocycles.